The molecule has 0 bridgehead atoms. The van der Waals surface area contributed by atoms with Crippen LogP contribution in [0.2, 0.25) is 0 Å². The minimum atomic E-state index is -1.46. The maximum absolute atomic E-state index is 12.1. The number of hydrogen-bond acceptors (Lipinski definition) is 7. The third-order valence-corrected chi connectivity index (χ3v) is 3.48. The van der Waals surface area contributed by atoms with Crippen molar-refractivity contribution in [1.29, 1.82) is 0 Å². The second kappa shape index (κ2) is 4.43. The third-order valence-electron chi connectivity index (χ3n) is 2.40. The Morgan fingerprint density at radius 3 is 3.05 bits per heavy atom. The van der Waals surface area contributed by atoms with Crippen molar-refractivity contribution < 1.29 is 8.63 Å². The molecule has 2 heterocycles. The summed E-state index contributed by atoms with van der Waals surface area (Å²) in [5.74, 6) is 0.485. The van der Waals surface area contributed by atoms with Gasteiger partial charge in [-0.25, -0.2) is 9.19 Å². The van der Waals surface area contributed by atoms with Crippen molar-refractivity contribution in [3.8, 4) is 0 Å². The fourth-order valence-electron chi connectivity index (χ4n) is 1.58. The highest BCUT2D eigenvalue weighted by Gasteiger charge is 2.16. The molecule has 0 saturated carbocycles. The van der Waals surface area contributed by atoms with Crippen molar-refractivity contribution in [3.05, 3.63) is 24.0 Å². The van der Waals surface area contributed by atoms with Crippen LogP contribution in [-0.2, 0) is 23.6 Å². The van der Waals surface area contributed by atoms with E-state index in [1.54, 1.807) is 25.2 Å². The van der Waals surface area contributed by atoms with Crippen LogP contribution in [0.3, 0.4) is 0 Å². The van der Waals surface area contributed by atoms with Crippen LogP contribution in [0, 0.1) is 0 Å². The molecule has 0 amide bonds. The van der Waals surface area contributed by atoms with Gasteiger partial charge in [-0.1, -0.05) is 0 Å². The quantitative estimate of drug-likeness (QED) is 0.683. The Labute approximate surface area is 110 Å². The topological polar surface area (TPSA) is 113 Å². The van der Waals surface area contributed by atoms with Crippen molar-refractivity contribution in [3.63, 3.8) is 0 Å². The monoisotopic (exact) mass is 278 g/mol. The Morgan fingerprint density at radius 1 is 1.47 bits per heavy atom. The number of nitrogens with zero attached hydrogens (tertiary/aromatic N) is 5. The molecule has 1 aromatic carbocycles. The van der Waals surface area contributed by atoms with E-state index in [4.69, 9.17) is 10.2 Å². The SMILES string of the molecule is Cn1nnc(CS(=O)c2nc3ccc(N)cc3o2)n1. The molecule has 0 saturated heterocycles. The molecule has 0 spiro atoms. The number of aromatic nitrogens is 5. The first-order chi connectivity index (χ1) is 9.11. The van der Waals surface area contributed by atoms with E-state index in [0.717, 1.165) is 0 Å². The zero-order chi connectivity index (χ0) is 13.4. The predicted molar refractivity (Wildman–Crippen MR) is 67.3 cm³/mol. The van der Waals surface area contributed by atoms with Crippen LogP contribution in [0.1, 0.15) is 5.82 Å². The summed E-state index contributed by atoms with van der Waals surface area (Å²) in [6.45, 7) is 0. The van der Waals surface area contributed by atoms with Gasteiger partial charge < -0.3 is 10.2 Å². The molecule has 9 heteroatoms. The number of tetrazole rings is 1. The number of oxazole rings is 1. The summed E-state index contributed by atoms with van der Waals surface area (Å²) in [7, 11) is 0.183. The smallest absolute Gasteiger partial charge is 0.288 e. The van der Waals surface area contributed by atoms with Gasteiger partial charge in [0.25, 0.3) is 5.22 Å². The van der Waals surface area contributed by atoms with E-state index in [-0.39, 0.29) is 11.0 Å². The zero-order valence-corrected chi connectivity index (χ0v) is 10.8. The fraction of sp³-hybridized carbons (Fsp3) is 0.200. The molecular weight excluding hydrogens is 268 g/mol. The van der Waals surface area contributed by atoms with E-state index in [1.807, 2.05) is 0 Å². The lowest BCUT2D eigenvalue weighted by Gasteiger charge is -1.91. The van der Waals surface area contributed by atoms with Crippen molar-refractivity contribution in [2.75, 3.05) is 5.73 Å². The van der Waals surface area contributed by atoms with E-state index < -0.39 is 10.8 Å². The van der Waals surface area contributed by atoms with Gasteiger partial charge in [-0.2, -0.15) is 4.80 Å². The first-order valence-electron chi connectivity index (χ1n) is 5.39. The van der Waals surface area contributed by atoms with Gasteiger partial charge >= 0.3 is 0 Å². The number of rotatable bonds is 3. The maximum atomic E-state index is 12.1. The lowest BCUT2D eigenvalue weighted by atomic mass is 10.3. The van der Waals surface area contributed by atoms with Gasteiger partial charge in [0.2, 0.25) is 0 Å². The van der Waals surface area contributed by atoms with E-state index >= 15 is 0 Å². The van der Waals surface area contributed by atoms with Crippen molar-refractivity contribution >= 4 is 27.6 Å². The molecule has 0 aliphatic heterocycles. The van der Waals surface area contributed by atoms with Crippen LogP contribution in [-0.4, -0.2) is 29.4 Å². The molecule has 0 aliphatic carbocycles. The molecule has 98 valence electrons. The lowest BCUT2D eigenvalue weighted by molar-refractivity contribution is 0.477. The molecule has 3 aromatic rings. The molecule has 1 atom stereocenters. The highest BCUT2D eigenvalue weighted by molar-refractivity contribution is 7.84. The summed E-state index contributed by atoms with van der Waals surface area (Å²) < 4.78 is 17.5. The molecule has 0 aliphatic rings. The number of nitrogen functional groups attached to an aromatic ring is 1. The largest absolute Gasteiger partial charge is 0.430 e. The Morgan fingerprint density at radius 2 is 2.32 bits per heavy atom. The van der Waals surface area contributed by atoms with E-state index in [2.05, 4.69) is 20.4 Å². The van der Waals surface area contributed by atoms with Gasteiger partial charge in [0.15, 0.2) is 11.4 Å². The number of fused-ring (bicyclic) bond motifs is 1. The summed E-state index contributed by atoms with van der Waals surface area (Å²) in [5.41, 5.74) is 7.33. The molecule has 1 unspecified atom stereocenters. The van der Waals surface area contributed by atoms with Crippen molar-refractivity contribution in [1.82, 2.24) is 25.2 Å². The van der Waals surface area contributed by atoms with E-state index in [9.17, 15) is 4.21 Å². The second-order valence-corrected chi connectivity index (χ2v) is 5.22. The number of benzene rings is 1. The number of nitrogens with two attached hydrogens (primary N) is 1. The van der Waals surface area contributed by atoms with Gasteiger partial charge in [-0.3, -0.25) is 0 Å². The van der Waals surface area contributed by atoms with Gasteiger partial charge in [0.05, 0.1) is 12.8 Å². The molecule has 2 N–H and O–H groups in total. The van der Waals surface area contributed by atoms with Gasteiger partial charge in [0.1, 0.15) is 16.3 Å². The van der Waals surface area contributed by atoms with Crippen LogP contribution >= 0.6 is 0 Å². The van der Waals surface area contributed by atoms with Crippen LogP contribution < -0.4 is 5.73 Å². The average molecular weight is 278 g/mol. The number of hydrogen-bond donors (Lipinski definition) is 1. The summed E-state index contributed by atoms with van der Waals surface area (Å²) in [6, 6.07) is 5.07. The van der Waals surface area contributed by atoms with Gasteiger partial charge in [0, 0.05) is 11.8 Å². The molecule has 8 nitrogen and oxygen atoms in total. The summed E-state index contributed by atoms with van der Waals surface area (Å²) in [5, 5.41) is 11.5. The molecule has 19 heavy (non-hydrogen) atoms. The zero-order valence-electron chi connectivity index (χ0n) is 9.98. The highest BCUT2D eigenvalue weighted by Crippen LogP contribution is 2.20. The molecule has 0 fully saturated rings. The molecule has 3 rings (SSSR count). The Balaban J connectivity index is 1.89. The summed E-state index contributed by atoms with van der Waals surface area (Å²) >= 11 is 0. The first-order valence-corrected chi connectivity index (χ1v) is 6.71. The van der Waals surface area contributed by atoms with Crippen LogP contribution in [0.5, 0.6) is 0 Å². The highest BCUT2D eigenvalue weighted by atomic mass is 32.2. The van der Waals surface area contributed by atoms with Crippen molar-refractivity contribution in [2.45, 2.75) is 11.0 Å². The van der Waals surface area contributed by atoms with Gasteiger partial charge in [-0.15, -0.1) is 10.2 Å². The molecule has 2 aromatic heterocycles. The third kappa shape index (κ3) is 2.32. The molecule has 0 radical (unpaired) electrons. The standard InChI is InChI=1S/C10H10N6O2S/c1-16-14-9(13-15-16)5-19(17)10-12-7-3-2-6(11)4-8(7)18-10/h2-4H,5,11H2,1H3. The normalized spacial score (nSPS) is 12.9. The minimum absolute atomic E-state index is 0.107. The Hall–Kier alpha value is -2.29. The minimum Gasteiger partial charge on any atom is -0.430 e. The second-order valence-electron chi connectivity index (χ2n) is 3.89. The molecular formula is C10H10N6O2S. The number of aryl methyl sites for hydroxylation is 1. The van der Waals surface area contributed by atoms with E-state index in [0.29, 0.717) is 22.6 Å². The van der Waals surface area contributed by atoms with Crippen LogP contribution in [0.25, 0.3) is 11.1 Å². The average Bonchev–Trinajstić information content (AvgIpc) is 2.95. The van der Waals surface area contributed by atoms with Crippen LogP contribution in [0.15, 0.2) is 27.8 Å². The summed E-state index contributed by atoms with van der Waals surface area (Å²) in [4.78, 5) is 5.46. The predicted octanol–water partition coefficient (Wildman–Crippen LogP) is 0.241. The van der Waals surface area contributed by atoms with Gasteiger partial charge in [-0.05, 0) is 17.3 Å². The Bertz CT molecular complexity index is 764. The van der Waals surface area contributed by atoms with Crippen molar-refractivity contribution in [2.24, 2.45) is 7.05 Å². The Kier molecular flexibility index (Phi) is 2.75. The maximum Gasteiger partial charge on any atom is 0.288 e. The van der Waals surface area contributed by atoms with Crippen LogP contribution in [0.4, 0.5) is 5.69 Å². The lowest BCUT2D eigenvalue weighted by Crippen LogP contribution is -1.99. The number of anilines is 1. The van der Waals surface area contributed by atoms with E-state index in [1.165, 1.54) is 4.80 Å². The summed E-state index contributed by atoms with van der Waals surface area (Å²) in [6.07, 6.45) is 0. The first kappa shape index (κ1) is 11.8. The fourth-order valence-corrected chi connectivity index (χ4v) is 2.43.